The van der Waals surface area contributed by atoms with Crippen LogP contribution in [0, 0.1) is 0 Å². The molecular weight excluding hydrogens is 246 g/mol. The van der Waals surface area contributed by atoms with E-state index < -0.39 is 10.0 Å². The quantitative estimate of drug-likeness (QED) is 0.565. The highest BCUT2D eigenvalue weighted by Crippen LogP contribution is 2.08. The van der Waals surface area contributed by atoms with E-state index in [4.69, 9.17) is 10.9 Å². The van der Waals surface area contributed by atoms with Crippen molar-refractivity contribution in [3.63, 3.8) is 0 Å². The van der Waals surface area contributed by atoms with Crippen LogP contribution >= 0.6 is 0 Å². The second-order valence-corrected chi connectivity index (χ2v) is 5.24. The Morgan fingerprint density at radius 2 is 1.94 bits per heavy atom. The molecule has 0 fully saturated rings. The SMILES string of the molecule is CN(C)c1nc(N)nc(NCCS(N)(=O)=O)n1. The molecule has 5 N–H and O–H groups in total. The molecule has 0 aliphatic carbocycles. The van der Waals surface area contributed by atoms with Crippen LogP contribution in [-0.4, -0.2) is 49.8 Å². The Labute approximate surface area is 99.3 Å². The Hall–Kier alpha value is -1.68. The normalized spacial score (nSPS) is 11.2. The Bertz CT molecular complexity index is 487. The largest absolute Gasteiger partial charge is 0.368 e. The third-order valence-electron chi connectivity index (χ3n) is 1.71. The fraction of sp³-hybridized carbons (Fsp3) is 0.571. The Balaban J connectivity index is 2.71. The predicted octanol–water partition coefficient (Wildman–Crippen LogP) is -1.78. The maximum atomic E-state index is 10.7. The first-order valence-corrected chi connectivity index (χ1v) is 6.43. The van der Waals surface area contributed by atoms with Gasteiger partial charge in [0.05, 0.1) is 5.75 Å². The number of primary sulfonamides is 1. The summed E-state index contributed by atoms with van der Waals surface area (Å²) in [6, 6.07) is 0. The van der Waals surface area contributed by atoms with Crippen molar-refractivity contribution in [2.75, 3.05) is 42.3 Å². The van der Waals surface area contributed by atoms with Crippen molar-refractivity contribution < 1.29 is 8.42 Å². The summed E-state index contributed by atoms with van der Waals surface area (Å²) in [5.74, 6) is 0.442. The third kappa shape index (κ3) is 4.78. The van der Waals surface area contributed by atoms with Crippen molar-refractivity contribution in [1.82, 2.24) is 15.0 Å². The van der Waals surface area contributed by atoms with Crippen LogP contribution in [0.4, 0.5) is 17.8 Å². The summed E-state index contributed by atoms with van der Waals surface area (Å²) in [4.78, 5) is 13.4. The van der Waals surface area contributed by atoms with E-state index in [0.717, 1.165) is 0 Å². The van der Waals surface area contributed by atoms with Gasteiger partial charge in [-0.1, -0.05) is 0 Å². The Kier molecular flexibility index (Phi) is 4.02. The van der Waals surface area contributed by atoms with Crippen LogP contribution in [0.3, 0.4) is 0 Å². The minimum atomic E-state index is -3.51. The fourth-order valence-corrected chi connectivity index (χ4v) is 1.35. The van der Waals surface area contributed by atoms with Gasteiger partial charge < -0.3 is 16.0 Å². The lowest BCUT2D eigenvalue weighted by atomic mass is 10.7. The summed E-state index contributed by atoms with van der Waals surface area (Å²) in [5.41, 5.74) is 5.48. The molecule has 0 aliphatic heterocycles. The van der Waals surface area contributed by atoms with E-state index in [1.807, 2.05) is 0 Å². The summed E-state index contributed by atoms with van der Waals surface area (Å²) in [7, 11) is -0.000453. The van der Waals surface area contributed by atoms with E-state index in [1.54, 1.807) is 19.0 Å². The smallest absolute Gasteiger partial charge is 0.231 e. The number of sulfonamides is 1. The molecule has 1 rings (SSSR count). The molecule has 0 saturated heterocycles. The van der Waals surface area contributed by atoms with Gasteiger partial charge in [-0.25, -0.2) is 13.6 Å². The molecule has 0 saturated carbocycles. The molecule has 0 amide bonds. The number of rotatable bonds is 5. The first kappa shape index (κ1) is 13.4. The van der Waals surface area contributed by atoms with E-state index >= 15 is 0 Å². The first-order chi connectivity index (χ1) is 7.78. The second kappa shape index (κ2) is 5.10. The number of hydrogen-bond acceptors (Lipinski definition) is 8. The minimum Gasteiger partial charge on any atom is -0.368 e. The number of anilines is 3. The molecular formula is C7H15N7O2S. The maximum Gasteiger partial charge on any atom is 0.231 e. The first-order valence-electron chi connectivity index (χ1n) is 4.71. The van der Waals surface area contributed by atoms with Gasteiger partial charge in [0.2, 0.25) is 27.9 Å². The zero-order chi connectivity index (χ0) is 13.1. The summed E-state index contributed by atoms with van der Waals surface area (Å²) >= 11 is 0. The van der Waals surface area contributed by atoms with E-state index in [0.29, 0.717) is 5.95 Å². The molecule has 0 bridgehead atoms. The molecule has 17 heavy (non-hydrogen) atoms. The van der Waals surface area contributed by atoms with Gasteiger partial charge >= 0.3 is 0 Å². The average Bonchev–Trinajstić information content (AvgIpc) is 2.14. The number of nitrogen functional groups attached to an aromatic ring is 1. The third-order valence-corrected chi connectivity index (χ3v) is 2.48. The molecule has 9 nitrogen and oxygen atoms in total. The van der Waals surface area contributed by atoms with Crippen molar-refractivity contribution in [1.29, 1.82) is 0 Å². The van der Waals surface area contributed by atoms with Crippen molar-refractivity contribution in [2.24, 2.45) is 5.14 Å². The molecule has 1 aromatic heterocycles. The van der Waals surface area contributed by atoms with Crippen LogP contribution in [0.1, 0.15) is 0 Å². The molecule has 0 unspecified atom stereocenters. The number of hydrogen-bond donors (Lipinski definition) is 3. The summed E-state index contributed by atoms with van der Waals surface area (Å²) in [6.45, 7) is 0.106. The van der Waals surface area contributed by atoms with Crippen molar-refractivity contribution in [2.45, 2.75) is 0 Å². The number of nitrogens with two attached hydrogens (primary N) is 2. The van der Waals surface area contributed by atoms with Gasteiger partial charge in [0, 0.05) is 20.6 Å². The van der Waals surface area contributed by atoms with Crippen LogP contribution in [-0.2, 0) is 10.0 Å². The average molecular weight is 261 g/mol. The topological polar surface area (TPSA) is 140 Å². The van der Waals surface area contributed by atoms with E-state index in [-0.39, 0.29) is 24.2 Å². The van der Waals surface area contributed by atoms with Gasteiger partial charge in [-0.3, -0.25) is 0 Å². The van der Waals surface area contributed by atoms with Crippen LogP contribution in [0.25, 0.3) is 0 Å². The summed E-state index contributed by atoms with van der Waals surface area (Å²) in [5, 5.41) is 7.56. The van der Waals surface area contributed by atoms with E-state index in [1.165, 1.54) is 0 Å². The maximum absolute atomic E-state index is 10.7. The molecule has 0 atom stereocenters. The Morgan fingerprint density at radius 1 is 1.29 bits per heavy atom. The lowest BCUT2D eigenvalue weighted by Gasteiger charge is -2.11. The van der Waals surface area contributed by atoms with Crippen molar-refractivity contribution >= 4 is 27.9 Å². The molecule has 0 spiro atoms. The zero-order valence-corrected chi connectivity index (χ0v) is 10.4. The molecule has 0 aliphatic rings. The van der Waals surface area contributed by atoms with Crippen LogP contribution in [0.5, 0.6) is 0 Å². The standard InChI is InChI=1S/C7H15N7O2S/c1-14(2)7-12-5(8)11-6(13-7)10-3-4-17(9,15)16/h3-4H2,1-2H3,(H2,9,15,16)(H3,8,10,11,12,13). The number of nitrogens with zero attached hydrogens (tertiary/aromatic N) is 4. The number of nitrogens with one attached hydrogen (secondary N) is 1. The molecule has 0 radical (unpaired) electrons. The summed E-state index contributed by atoms with van der Waals surface area (Å²) in [6.07, 6.45) is 0. The highest BCUT2D eigenvalue weighted by atomic mass is 32.2. The highest BCUT2D eigenvalue weighted by Gasteiger charge is 2.07. The van der Waals surface area contributed by atoms with Gasteiger partial charge in [-0.05, 0) is 0 Å². The van der Waals surface area contributed by atoms with E-state index in [2.05, 4.69) is 20.3 Å². The minimum absolute atomic E-state index is 0.0572. The van der Waals surface area contributed by atoms with Gasteiger partial charge in [0.25, 0.3) is 0 Å². The molecule has 1 heterocycles. The number of aromatic nitrogens is 3. The molecule has 1 aromatic rings. The van der Waals surface area contributed by atoms with Crippen LogP contribution < -0.4 is 21.1 Å². The second-order valence-electron chi connectivity index (χ2n) is 3.51. The van der Waals surface area contributed by atoms with E-state index in [9.17, 15) is 8.42 Å². The fourth-order valence-electron chi connectivity index (χ4n) is 0.965. The van der Waals surface area contributed by atoms with Gasteiger partial charge in [0.15, 0.2) is 0 Å². The molecule has 96 valence electrons. The lowest BCUT2D eigenvalue weighted by Crippen LogP contribution is -2.23. The van der Waals surface area contributed by atoms with Crippen molar-refractivity contribution in [3.8, 4) is 0 Å². The molecule has 10 heteroatoms. The Morgan fingerprint density at radius 3 is 2.47 bits per heavy atom. The van der Waals surface area contributed by atoms with Gasteiger partial charge in [-0.2, -0.15) is 15.0 Å². The monoisotopic (exact) mass is 261 g/mol. The lowest BCUT2D eigenvalue weighted by molar-refractivity contribution is 0.598. The van der Waals surface area contributed by atoms with Crippen LogP contribution in [0.15, 0.2) is 0 Å². The molecule has 0 aromatic carbocycles. The van der Waals surface area contributed by atoms with Gasteiger partial charge in [0.1, 0.15) is 0 Å². The highest BCUT2D eigenvalue weighted by molar-refractivity contribution is 7.89. The van der Waals surface area contributed by atoms with Gasteiger partial charge in [-0.15, -0.1) is 0 Å². The van der Waals surface area contributed by atoms with Crippen molar-refractivity contribution in [3.05, 3.63) is 0 Å². The summed E-state index contributed by atoms with van der Waals surface area (Å²) < 4.78 is 21.4. The van der Waals surface area contributed by atoms with Crippen LogP contribution in [0.2, 0.25) is 0 Å². The zero-order valence-electron chi connectivity index (χ0n) is 9.58. The predicted molar refractivity (Wildman–Crippen MR) is 65.0 cm³/mol.